The molecule has 33 nitrogen and oxygen atoms in total. The van der Waals surface area contributed by atoms with Crippen LogP contribution in [0.1, 0.15) is 33.5 Å². The smallest absolute Gasteiger partial charge is 0.251 e. The average molecular weight is 1600 g/mol. The van der Waals surface area contributed by atoms with Crippen LogP contribution in [0.2, 0.25) is 0 Å². The largest absolute Gasteiger partial charge is 0.481 e. The fourth-order valence-electron chi connectivity index (χ4n) is 15.2. The first-order valence-corrected chi connectivity index (χ1v) is 38.7. The van der Waals surface area contributed by atoms with Gasteiger partial charge in [0.25, 0.3) is 5.91 Å². The molecule has 120 heavy (non-hydrogen) atoms. The molecule has 0 bridgehead atoms. The van der Waals surface area contributed by atoms with Crippen LogP contribution in [-0.4, -0.2) is 206 Å². The van der Waals surface area contributed by atoms with E-state index in [0.29, 0.717) is 104 Å². The number of piperazine rings is 3. The van der Waals surface area contributed by atoms with Gasteiger partial charge in [-0.25, -0.2) is 37.9 Å². The maximum absolute atomic E-state index is 13.1. The predicted octanol–water partition coefficient (Wildman–Crippen LogP) is 8.16. The first kappa shape index (κ1) is 78.4. The topological polar surface area (TPSA) is 402 Å². The summed E-state index contributed by atoms with van der Waals surface area (Å²) in [6.07, 6.45) is 24.4. The number of amides is 2. The van der Waals surface area contributed by atoms with Crippen molar-refractivity contribution >= 4 is 63.3 Å². The number of aromatic nitrogens is 17. The Labute approximate surface area is 687 Å². The van der Waals surface area contributed by atoms with Crippen molar-refractivity contribution in [1.82, 2.24) is 97.8 Å². The summed E-state index contributed by atoms with van der Waals surface area (Å²) in [5.41, 5.74) is 34.1. The number of methoxy groups -OCH3 is 1. The molecule has 1 aromatic carbocycles. The SMILES string of the molecule is COc1ccc(CN2CCN(c3ccc(-c4cc(-c5cnn(C)c5)cn5nc(N)c(C#N)c45)cn3)CC2)cn1.Cn1cc(-c2cc(-c3ccc(N4CCN(C(=O)Cc5ccc(F)cn5)CC4)nc3)c3c(C#N)c(N)nn3c2)cn1.Cn1cc(-c2cc(-c3ccc(N4CCN(C(=O)[C@@H](O)Cc5ccccc5)CC4)nc3)c3c(C#N)c(N)nn3c2)cn1. The number of nitriles is 3. The Morgan fingerprint density at radius 1 is 0.458 bits per heavy atom. The van der Waals surface area contributed by atoms with Crippen molar-refractivity contribution in [1.29, 1.82) is 15.8 Å². The molecule has 3 saturated heterocycles. The number of carbonyl (C=O) groups excluding carboxylic acids is 2. The Kier molecular flexibility index (Phi) is 22.3. The minimum Gasteiger partial charge on any atom is -0.481 e. The summed E-state index contributed by atoms with van der Waals surface area (Å²) >= 11 is 0. The molecule has 3 aliphatic rings. The van der Waals surface area contributed by atoms with Gasteiger partial charge in [0.15, 0.2) is 17.5 Å². The summed E-state index contributed by atoms with van der Waals surface area (Å²) in [6.45, 7) is 9.08. The van der Waals surface area contributed by atoms with Crippen molar-refractivity contribution in [2.24, 2.45) is 21.1 Å². The number of nitrogen functional groups attached to an aromatic ring is 3. The Hall–Kier alpha value is -15.5. The number of nitrogens with zero attached hydrogens (tertiary/aromatic N) is 26. The van der Waals surface area contributed by atoms with Crippen LogP contribution in [0.15, 0.2) is 196 Å². The van der Waals surface area contributed by atoms with E-state index in [1.807, 2.05) is 162 Å². The zero-order valence-corrected chi connectivity index (χ0v) is 66.1. The molecule has 0 aliphatic carbocycles. The summed E-state index contributed by atoms with van der Waals surface area (Å²) in [5.74, 6) is 2.98. The molecular weight excluding hydrogens is 1520 g/mol. The molecular formula is C86H82FN29O4. The summed E-state index contributed by atoms with van der Waals surface area (Å²) < 4.78 is 28.4. The van der Waals surface area contributed by atoms with Crippen LogP contribution in [0.25, 0.3) is 83.3 Å². The van der Waals surface area contributed by atoms with Crippen molar-refractivity contribution in [3.05, 3.63) is 235 Å². The average Bonchev–Trinajstić information content (AvgIpc) is 1.57. The van der Waals surface area contributed by atoms with E-state index < -0.39 is 11.9 Å². The van der Waals surface area contributed by atoms with Crippen molar-refractivity contribution < 1.29 is 23.8 Å². The number of rotatable bonds is 17. The number of aryl methyl sites for hydroxylation is 3. The number of benzene rings is 1. The number of aliphatic hydroxyl groups is 1. The summed E-state index contributed by atoms with van der Waals surface area (Å²) in [4.78, 5) is 60.6. The zero-order valence-electron chi connectivity index (χ0n) is 66.1. The van der Waals surface area contributed by atoms with E-state index in [1.165, 1.54) is 17.7 Å². The second-order valence-corrected chi connectivity index (χ2v) is 29.3. The molecule has 2 amide bonds. The molecule has 15 aromatic rings. The van der Waals surface area contributed by atoms with Crippen LogP contribution in [0.5, 0.6) is 5.88 Å². The number of hydrogen-bond donors (Lipinski definition) is 4. The van der Waals surface area contributed by atoms with Gasteiger partial charge in [-0.2, -0.15) is 31.1 Å². The van der Waals surface area contributed by atoms with Crippen LogP contribution in [0, 0.1) is 39.8 Å². The molecule has 0 saturated carbocycles. The molecule has 14 aromatic heterocycles. The molecule has 1 atom stereocenters. The van der Waals surface area contributed by atoms with Gasteiger partial charge in [-0.3, -0.25) is 33.5 Å². The number of pyridine rings is 8. The second-order valence-electron chi connectivity index (χ2n) is 29.3. The van der Waals surface area contributed by atoms with E-state index in [0.717, 1.165) is 129 Å². The van der Waals surface area contributed by atoms with Gasteiger partial charge in [-0.05, 0) is 77.9 Å². The van der Waals surface area contributed by atoms with Gasteiger partial charge in [0.1, 0.15) is 64.3 Å². The van der Waals surface area contributed by atoms with E-state index >= 15 is 0 Å². The Morgan fingerprint density at radius 3 is 1.24 bits per heavy atom. The number of fused-ring (bicyclic) bond motifs is 3. The highest BCUT2D eigenvalue weighted by Gasteiger charge is 2.30. The van der Waals surface area contributed by atoms with Crippen molar-refractivity contribution in [2.45, 2.75) is 25.5 Å². The molecule has 602 valence electrons. The van der Waals surface area contributed by atoms with Crippen LogP contribution in [0.3, 0.4) is 0 Å². The second kappa shape index (κ2) is 34.1. The monoisotopic (exact) mass is 1600 g/mol. The number of carbonyl (C=O) groups is 2. The highest BCUT2D eigenvalue weighted by atomic mass is 19.1. The molecule has 17 heterocycles. The Bertz CT molecular complexity index is 6370. The number of aliphatic hydroxyl groups excluding tert-OH is 1. The predicted molar refractivity (Wildman–Crippen MR) is 449 cm³/mol. The molecule has 3 aliphatic heterocycles. The van der Waals surface area contributed by atoms with Crippen LogP contribution >= 0.6 is 0 Å². The normalized spacial score (nSPS) is 13.9. The van der Waals surface area contributed by atoms with E-state index in [-0.39, 0.29) is 35.7 Å². The molecule has 34 heteroatoms. The summed E-state index contributed by atoms with van der Waals surface area (Å²) in [6, 6.07) is 40.8. The number of halogens is 1. The number of hydrogen-bond acceptors (Lipinski definition) is 25. The first-order valence-electron chi connectivity index (χ1n) is 38.7. The standard InChI is InChI=1S/C30H29N9O2.C28H25FN10O.C28H28N10O/c1-36-18-23(17-34-36)22-14-24(28-25(15-31)29(32)35-39(28)19-22)21-7-8-27(33-16-21)37-9-11-38(12-10-37)30(41)26(40)13-20-5-3-2-4-6-20;1-36-16-20(14-34-36)19-10-23(27-24(12-30)28(31)35-39(27)17-19)18-2-5-25(33-13-18)37-6-8-38(9-7-37)26(40)11-22-4-3-21(29)15-32-22;1-35-17-22(15-33-35)21-11-23(27-24(12-29)28(30)34-38(27)18-21)20-4-5-25(31-14-20)37-9-7-36(8-10-37)16-19-3-6-26(39-2)32-13-19/h2-8,14,16-19,26,40H,9-13H2,1H3,(H2,32,35);2-5,10,13-17H,6-9,11H2,1H3,(H2,31,35);3-6,11,13-15,17-18H,7-10,16H2,1-2H3,(H2,30,34)/t26-;;/m0../s1. The van der Waals surface area contributed by atoms with Crippen LogP contribution < -0.4 is 36.6 Å². The lowest BCUT2D eigenvalue weighted by molar-refractivity contribution is -0.140. The van der Waals surface area contributed by atoms with Gasteiger partial charge in [0, 0.05) is 253 Å². The molecule has 0 unspecified atom stereocenters. The van der Waals surface area contributed by atoms with E-state index in [2.05, 4.69) is 84.4 Å². The van der Waals surface area contributed by atoms with Gasteiger partial charge in [0.05, 0.1) is 54.9 Å². The highest BCUT2D eigenvalue weighted by molar-refractivity contribution is 5.93. The third kappa shape index (κ3) is 16.7. The fourth-order valence-corrected chi connectivity index (χ4v) is 15.2. The Morgan fingerprint density at radius 2 is 0.883 bits per heavy atom. The first-order chi connectivity index (χ1) is 58.3. The minimum absolute atomic E-state index is 0.0343. The minimum atomic E-state index is -1.06. The van der Waals surface area contributed by atoms with Gasteiger partial charge >= 0.3 is 0 Å². The van der Waals surface area contributed by atoms with E-state index in [4.69, 9.17) is 36.9 Å². The number of nitrogens with two attached hydrogens (primary N) is 3. The van der Waals surface area contributed by atoms with Gasteiger partial charge in [-0.15, -0.1) is 15.3 Å². The lowest BCUT2D eigenvalue weighted by Gasteiger charge is -2.36. The van der Waals surface area contributed by atoms with Crippen molar-refractivity contribution in [3.8, 4) is 90.8 Å². The maximum Gasteiger partial charge on any atom is 0.251 e. The number of ether oxygens (including phenoxy) is 1. The maximum atomic E-state index is 13.1. The fraction of sp³-hybridized carbons (Fsp3) is 0.233. The van der Waals surface area contributed by atoms with E-state index in [1.54, 1.807) is 75.5 Å². The number of anilines is 6. The van der Waals surface area contributed by atoms with Gasteiger partial charge in [-0.1, -0.05) is 36.4 Å². The van der Waals surface area contributed by atoms with Crippen molar-refractivity contribution in [2.75, 3.05) is 118 Å². The summed E-state index contributed by atoms with van der Waals surface area (Å²) in [7, 11) is 7.21. The molecule has 0 spiro atoms. The zero-order chi connectivity index (χ0) is 83.2. The lowest BCUT2D eigenvalue weighted by atomic mass is 10.0. The highest BCUT2D eigenvalue weighted by Crippen LogP contribution is 2.38. The van der Waals surface area contributed by atoms with Crippen molar-refractivity contribution in [3.63, 3.8) is 0 Å². The third-order valence-electron chi connectivity index (χ3n) is 21.5. The van der Waals surface area contributed by atoms with E-state index in [9.17, 15) is 34.9 Å². The lowest BCUT2D eigenvalue weighted by Crippen LogP contribution is -2.52. The third-order valence-corrected chi connectivity index (χ3v) is 21.5. The quantitative estimate of drug-likeness (QED) is 0.0667. The molecule has 3 fully saturated rings. The molecule has 0 radical (unpaired) electrons. The molecule has 7 N–H and O–H groups in total. The van der Waals surface area contributed by atoms with Crippen LogP contribution in [-0.2, 0) is 50.1 Å². The van der Waals surface area contributed by atoms with Gasteiger partial charge in [0.2, 0.25) is 11.8 Å². The molecule has 18 rings (SSSR count). The Balaban J connectivity index is 0.000000134. The summed E-state index contributed by atoms with van der Waals surface area (Å²) in [5, 5.41) is 65.8. The van der Waals surface area contributed by atoms with Gasteiger partial charge < -0.3 is 51.5 Å². The van der Waals surface area contributed by atoms with Crippen LogP contribution in [0.4, 0.5) is 39.3 Å².